The lowest BCUT2D eigenvalue weighted by molar-refractivity contribution is 1.18. The molecule has 0 bridgehead atoms. The Bertz CT molecular complexity index is 3690. The molecule has 320 valence electrons. The standard InChI is InChI=1S/C66H46N2/c1-6-20-47(21-7-1)48-34-38-55(39-35-48)67(56-40-41-59(61(46-56)50-24-10-3-11-25-50)58-31-17-16-30-57(58)49-22-8-2-9-23-49)65-42-36-52(44-62(65)51-26-12-4-13-27-51)53-37-43-66-63(45-53)60-32-18-19-33-64(60)68(66)54-28-14-5-15-29-54/h1-46H. The highest BCUT2D eigenvalue weighted by molar-refractivity contribution is 6.10. The number of benzene rings is 11. The average Bonchev–Trinajstić information content (AvgIpc) is 3.76. The second-order valence-electron chi connectivity index (χ2n) is 17.3. The van der Waals surface area contributed by atoms with Crippen LogP contribution in [-0.4, -0.2) is 4.57 Å². The summed E-state index contributed by atoms with van der Waals surface area (Å²) in [5.74, 6) is 0. The minimum atomic E-state index is 1.07. The SMILES string of the molecule is c1ccc(-c2ccc(N(c3ccc(-c4ccccc4-c4ccccc4)c(-c4ccccc4)c3)c3ccc(-c4ccc5c(c4)c4ccccc4n5-c4ccccc4)cc3-c3ccccc3)cc2)cc1. The van der Waals surface area contributed by atoms with Gasteiger partial charge in [-0.1, -0.05) is 212 Å². The van der Waals surface area contributed by atoms with Crippen LogP contribution in [0.15, 0.2) is 279 Å². The summed E-state index contributed by atoms with van der Waals surface area (Å²) in [4.78, 5) is 2.44. The predicted molar refractivity (Wildman–Crippen MR) is 288 cm³/mol. The van der Waals surface area contributed by atoms with Crippen LogP contribution < -0.4 is 4.90 Å². The highest BCUT2D eigenvalue weighted by Crippen LogP contribution is 2.47. The van der Waals surface area contributed by atoms with E-state index >= 15 is 0 Å². The van der Waals surface area contributed by atoms with Crippen molar-refractivity contribution in [1.29, 1.82) is 0 Å². The molecule has 0 saturated carbocycles. The van der Waals surface area contributed by atoms with Gasteiger partial charge in [-0.05, 0) is 128 Å². The van der Waals surface area contributed by atoms with Crippen molar-refractivity contribution in [2.75, 3.05) is 4.90 Å². The van der Waals surface area contributed by atoms with E-state index in [9.17, 15) is 0 Å². The number of anilines is 3. The molecule has 0 aliphatic rings. The topological polar surface area (TPSA) is 8.17 Å². The molecule has 0 aliphatic heterocycles. The van der Waals surface area contributed by atoms with Gasteiger partial charge >= 0.3 is 0 Å². The molecule has 0 unspecified atom stereocenters. The van der Waals surface area contributed by atoms with Crippen molar-refractivity contribution in [1.82, 2.24) is 4.57 Å². The molecule has 1 heterocycles. The maximum atomic E-state index is 2.44. The number of aromatic nitrogens is 1. The van der Waals surface area contributed by atoms with Gasteiger partial charge in [0.25, 0.3) is 0 Å². The van der Waals surface area contributed by atoms with E-state index in [0.29, 0.717) is 0 Å². The lowest BCUT2D eigenvalue weighted by atomic mass is 9.88. The number of para-hydroxylation sites is 2. The van der Waals surface area contributed by atoms with Crippen molar-refractivity contribution in [3.8, 4) is 72.4 Å². The number of nitrogens with zero attached hydrogens (tertiary/aromatic N) is 2. The van der Waals surface area contributed by atoms with Crippen molar-refractivity contribution in [3.05, 3.63) is 279 Å². The molecule has 11 aromatic carbocycles. The van der Waals surface area contributed by atoms with Gasteiger partial charge in [-0.25, -0.2) is 0 Å². The van der Waals surface area contributed by atoms with E-state index in [4.69, 9.17) is 0 Å². The van der Waals surface area contributed by atoms with Crippen molar-refractivity contribution in [2.24, 2.45) is 0 Å². The van der Waals surface area contributed by atoms with Gasteiger partial charge in [-0.2, -0.15) is 0 Å². The Kier molecular flexibility index (Phi) is 10.6. The average molecular weight is 867 g/mol. The van der Waals surface area contributed by atoms with Gasteiger partial charge in [0, 0.05) is 33.4 Å². The van der Waals surface area contributed by atoms with Crippen LogP contribution in [0, 0.1) is 0 Å². The summed E-state index contributed by atoms with van der Waals surface area (Å²) in [6, 6.07) is 101. The zero-order valence-corrected chi connectivity index (χ0v) is 37.5. The Hall–Kier alpha value is -8.98. The largest absolute Gasteiger partial charge is 0.310 e. The summed E-state index contributed by atoms with van der Waals surface area (Å²) in [6.45, 7) is 0. The molecule has 12 rings (SSSR count). The fraction of sp³-hybridized carbons (Fsp3) is 0. The van der Waals surface area contributed by atoms with Crippen LogP contribution in [-0.2, 0) is 0 Å². The molecular formula is C66H46N2. The van der Waals surface area contributed by atoms with E-state index < -0.39 is 0 Å². The summed E-state index contributed by atoms with van der Waals surface area (Å²) < 4.78 is 2.38. The first-order valence-corrected chi connectivity index (χ1v) is 23.3. The summed E-state index contributed by atoms with van der Waals surface area (Å²) >= 11 is 0. The summed E-state index contributed by atoms with van der Waals surface area (Å²) in [5.41, 5.74) is 20.9. The van der Waals surface area contributed by atoms with E-state index in [1.165, 1.54) is 66.3 Å². The van der Waals surface area contributed by atoms with Crippen molar-refractivity contribution in [3.63, 3.8) is 0 Å². The molecule has 0 atom stereocenters. The monoisotopic (exact) mass is 866 g/mol. The van der Waals surface area contributed by atoms with E-state index in [1.807, 2.05) is 0 Å². The molecule has 0 amide bonds. The van der Waals surface area contributed by atoms with Crippen LogP contribution in [0.25, 0.3) is 94.3 Å². The van der Waals surface area contributed by atoms with Crippen molar-refractivity contribution < 1.29 is 0 Å². The smallest absolute Gasteiger partial charge is 0.0541 e. The first-order valence-electron chi connectivity index (χ1n) is 23.3. The molecule has 0 radical (unpaired) electrons. The maximum Gasteiger partial charge on any atom is 0.0541 e. The first-order chi connectivity index (χ1) is 33.7. The number of hydrogen-bond donors (Lipinski definition) is 0. The van der Waals surface area contributed by atoms with Crippen LogP contribution in [0.5, 0.6) is 0 Å². The van der Waals surface area contributed by atoms with E-state index in [-0.39, 0.29) is 0 Å². The summed E-state index contributed by atoms with van der Waals surface area (Å²) in [5, 5.41) is 2.47. The lowest BCUT2D eigenvalue weighted by Gasteiger charge is -2.29. The Morgan fingerprint density at radius 2 is 0.691 bits per heavy atom. The molecule has 0 N–H and O–H groups in total. The fourth-order valence-electron chi connectivity index (χ4n) is 9.98. The van der Waals surface area contributed by atoms with Crippen molar-refractivity contribution >= 4 is 38.9 Å². The third-order valence-corrected chi connectivity index (χ3v) is 13.2. The first kappa shape index (κ1) is 40.5. The zero-order chi connectivity index (χ0) is 45.2. The molecule has 1 aromatic heterocycles. The Morgan fingerprint density at radius 1 is 0.235 bits per heavy atom. The fourth-order valence-corrected chi connectivity index (χ4v) is 9.98. The van der Waals surface area contributed by atoms with E-state index in [2.05, 4.69) is 289 Å². The van der Waals surface area contributed by atoms with Crippen LogP contribution in [0.4, 0.5) is 17.1 Å². The molecule has 2 nitrogen and oxygen atoms in total. The Morgan fingerprint density at radius 3 is 1.37 bits per heavy atom. The van der Waals surface area contributed by atoms with Gasteiger partial charge in [0.1, 0.15) is 0 Å². The molecule has 2 heteroatoms. The Balaban J connectivity index is 1.06. The number of hydrogen-bond acceptors (Lipinski definition) is 1. The van der Waals surface area contributed by atoms with Gasteiger partial charge in [-0.15, -0.1) is 0 Å². The predicted octanol–water partition coefficient (Wildman–Crippen LogP) is 18.3. The highest BCUT2D eigenvalue weighted by Gasteiger charge is 2.22. The van der Waals surface area contributed by atoms with Crippen LogP contribution in [0.1, 0.15) is 0 Å². The van der Waals surface area contributed by atoms with Gasteiger partial charge in [0.15, 0.2) is 0 Å². The molecular weight excluding hydrogens is 821 g/mol. The highest BCUT2D eigenvalue weighted by atomic mass is 15.1. The lowest BCUT2D eigenvalue weighted by Crippen LogP contribution is -2.12. The van der Waals surface area contributed by atoms with Gasteiger partial charge in [0.05, 0.1) is 16.7 Å². The quantitative estimate of drug-likeness (QED) is 0.133. The normalized spacial score (nSPS) is 11.2. The Labute approximate surface area is 397 Å². The summed E-state index contributed by atoms with van der Waals surface area (Å²) in [6.07, 6.45) is 0. The number of fused-ring (bicyclic) bond motifs is 3. The third kappa shape index (κ3) is 7.54. The van der Waals surface area contributed by atoms with E-state index in [1.54, 1.807) is 0 Å². The number of rotatable bonds is 10. The second kappa shape index (κ2) is 17.8. The molecule has 12 aromatic rings. The molecule has 0 aliphatic carbocycles. The second-order valence-corrected chi connectivity index (χ2v) is 17.3. The third-order valence-electron chi connectivity index (χ3n) is 13.2. The summed E-state index contributed by atoms with van der Waals surface area (Å²) in [7, 11) is 0. The van der Waals surface area contributed by atoms with Gasteiger partial charge in [0.2, 0.25) is 0 Å². The van der Waals surface area contributed by atoms with Crippen molar-refractivity contribution in [2.45, 2.75) is 0 Å². The van der Waals surface area contributed by atoms with Crippen LogP contribution >= 0.6 is 0 Å². The maximum absolute atomic E-state index is 2.44. The molecule has 68 heavy (non-hydrogen) atoms. The molecule has 0 fully saturated rings. The van der Waals surface area contributed by atoms with Gasteiger partial charge < -0.3 is 9.47 Å². The minimum Gasteiger partial charge on any atom is -0.310 e. The van der Waals surface area contributed by atoms with Gasteiger partial charge in [-0.3, -0.25) is 0 Å². The van der Waals surface area contributed by atoms with E-state index in [0.717, 1.165) is 45.0 Å². The minimum absolute atomic E-state index is 1.07. The zero-order valence-electron chi connectivity index (χ0n) is 37.5. The molecule has 0 spiro atoms. The van der Waals surface area contributed by atoms with Crippen LogP contribution in [0.3, 0.4) is 0 Å². The van der Waals surface area contributed by atoms with Crippen LogP contribution in [0.2, 0.25) is 0 Å². The molecule has 0 saturated heterocycles.